The number of ketones is 1. The Balaban J connectivity index is 2.13. The first-order chi connectivity index (χ1) is 15.0. The molecule has 1 fully saturated rings. The van der Waals surface area contributed by atoms with Gasteiger partial charge < -0.3 is 14.4 Å². The van der Waals surface area contributed by atoms with Crippen LogP contribution in [0.15, 0.2) is 30.0 Å². The minimum atomic E-state index is -5.06. The first-order valence-corrected chi connectivity index (χ1v) is 9.68. The summed E-state index contributed by atoms with van der Waals surface area (Å²) in [5.74, 6) is -2.12. The van der Waals surface area contributed by atoms with E-state index in [4.69, 9.17) is 9.47 Å². The zero-order valence-corrected chi connectivity index (χ0v) is 16.9. The number of hydrogen-bond acceptors (Lipinski definition) is 8. The van der Waals surface area contributed by atoms with Crippen LogP contribution in [0.1, 0.15) is 24.8 Å². The summed E-state index contributed by atoms with van der Waals surface area (Å²) in [7, 11) is 0. The van der Waals surface area contributed by atoms with Crippen molar-refractivity contribution in [3.05, 3.63) is 55.8 Å². The second-order valence-corrected chi connectivity index (χ2v) is 7.49. The van der Waals surface area contributed by atoms with Crippen LogP contribution < -0.4 is 4.74 Å². The fourth-order valence-corrected chi connectivity index (χ4v) is 3.99. The lowest BCUT2D eigenvalue weighted by Gasteiger charge is -2.38. The Kier molecular flexibility index (Phi) is 6.67. The molecule has 2 aliphatic rings. The zero-order valence-electron chi connectivity index (χ0n) is 16.9. The molecule has 1 aromatic rings. The van der Waals surface area contributed by atoms with E-state index in [1.807, 2.05) is 0 Å². The molecule has 0 unspecified atom stereocenters. The standard InChI is InChI=1S/C19H20F3N3O7/c1-11(26)8-13(23-4-6-31-7-5-23)10-15-14-9-12(24(27)28)2-3-16(14)32-18(19(20,21)22)17(15)25(29)30/h2-3,8-9,15,17-18H,4-7,10H2,1H3/b13-8+/t15-,17+,18-/m0/s1. The number of benzene rings is 1. The molecule has 0 aromatic heterocycles. The average molecular weight is 459 g/mol. The lowest BCUT2D eigenvalue weighted by atomic mass is 9.81. The minimum absolute atomic E-state index is 0.0795. The molecule has 0 amide bonds. The van der Waals surface area contributed by atoms with Crippen molar-refractivity contribution < 1.29 is 37.3 Å². The lowest BCUT2D eigenvalue weighted by molar-refractivity contribution is -0.548. The first kappa shape index (κ1) is 23.4. The van der Waals surface area contributed by atoms with Crippen LogP contribution in [-0.4, -0.2) is 65.2 Å². The molecule has 32 heavy (non-hydrogen) atoms. The molecule has 0 bridgehead atoms. The Labute approximate surface area is 179 Å². The maximum atomic E-state index is 13.7. The third-order valence-corrected chi connectivity index (χ3v) is 5.36. The topological polar surface area (TPSA) is 125 Å². The molecule has 0 radical (unpaired) electrons. The molecule has 2 aliphatic heterocycles. The Hall–Kier alpha value is -3.22. The van der Waals surface area contributed by atoms with Gasteiger partial charge in [-0.15, -0.1) is 0 Å². The van der Waals surface area contributed by atoms with E-state index in [1.165, 1.54) is 13.0 Å². The molecule has 0 aliphatic carbocycles. The number of morpholine rings is 1. The molecular weight excluding hydrogens is 439 g/mol. The second kappa shape index (κ2) is 9.10. The number of halogens is 3. The highest BCUT2D eigenvalue weighted by Crippen LogP contribution is 2.46. The van der Waals surface area contributed by atoms with Gasteiger partial charge in [0.15, 0.2) is 5.78 Å². The molecular formula is C19H20F3N3O7. The highest BCUT2D eigenvalue weighted by atomic mass is 19.4. The van der Waals surface area contributed by atoms with Crippen molar-refractivity contribution >= 4 is 11.5 Å². The van der Waals surface area contributed by atoms with Crippen LogP contribution in [0.2, 0.25) is 0 Å². The van der Waals surface area contributed by atoms with Crippen molar-refractivity contribution in [2.24, 2.45) is 0 Å². The molecule has 0 N–H and O–H groups in total. The van der Waals surface area contributed by atoms with E-state index in [-0.39, 0.29) is 23.5 Å². The SMILES string of the molecule is CC(=O)/C=C(\C[C@H]1c2cc([N+](=O)[O-])ccc2O[C@H](C(F)(F)F)[C@@H]1[N+](=O)[O-])N1CCOCC1. The number of alkyl halides is 3. The largest absolute Gasteiger partial charge is 0.473 e. The second-order valence-electron chi connectivity index (χ2n) is 7.49. The summed E-state index contributed by atoms with van der Waals surface area (Å²) in [5, 5.41) is 23.0. The molecule has 1 saturated heterocycles. The van der Waals surface area contributed by atoms with Gasteiger partial charge in [0.25, 0.3) is 17.8 Å². The predicted molar refractivity (Wildman–Crippen MR) is 103 cm³/mol. The number of allylic oxidation sites excluding steroid dienone is 2. The summed E-state index contributed by atoms with van der Waals surface area (Å²) in [4.78, 5) is 34.7. The summed E-state index contributed by atoms with van der Waals surface area (Å²) < 4.78 is 51.3. The van der Waals surface area contributed by atoms with Crippen molar-refractivity contribution in [2.45, 2.75) is 37.6 Å². The number of carbonyl (C=O) groups excluding carboxylic acids is 1. The van der Waals surface area contributed by atoms with Crippen LogP contribution in [0.5, 0.6) is 5.75 Å². The van der Waals surface area contributed by atoms with E-state index in [0.717, 1.165) is 18.2 Å². The zero-order chi connectivity index (χ0) is 23.6. The highest BCUT2D eigenvalue weighted by Gasteiger charge is 2.59. The molecule has 3 atom stereocenters. The smallest absolute Gasteiger partial charge is 0.432 e. The minimum Gasteiger partial charge on any atom is -0.473 e. The van der Waals surface area contributed by atoms with Crippen molar-refractivity contribution in [1.82, 2.24) is 4.90 Å². The summed E-state index contributed by atoms with van der Waals surface area (Å²) in [6.45, 7) is 2.57. The normalized spacial score (nSPS) is 23.8. The number of rotatable bonds is 6. The number of fused-ring (bicyclic) bond motifs is 1. The molecule has 3 rings (SSSR count). The van der Waals surface area contributed by atoms with E-state index in [9.17, 15) is 38.2 Å². The van der Waals surface area contributed by atoms with E-state index >= 15 is 0 Å². The van der Waals surface area contributed by atoms with Crippen LogP contribution in [0.4, 0.5) is 18.9 Å². The number of non-ortho nitro benzene ring substituents is 1. The lowest BCUT2D eigenvalue weighted by Crippen LogP contribution is -2.53. The molecule has 2 heterocycles. The van der Waals surface area contributed by atoms with E-state index in [0.29, 0.717) is 32.0 Å². The van der Waals surface area contributed by atoms with Crippen molar-refractivity contribution in [1.29, 1.82) is 0 Å². The van der Waals surface area contributed by atoms with E-state index in [2.05, 4.69) is 0 Å². The molecule has 13 heteroatoms. The van der Waals surface area contributed by atoms with Crippen LogP contribution in [-0.2, 0) is 9.53 Å². The molecule has 0 spiro atoms. The summed E-state index contributed by atoms with van der Waals surface area (Å²) in [5.41, 5.74) is -0.213. The molecule has 10 nitrogen and oxygen atoms in total. The van der Waals surface area contributed by atoms with Crippen LogP contribution in [0.3, 0.4) is 0 Å². The molecule has 1 aromatic carbocycles. The maximum absolute atomic E-state index is 13.7. The van der Waals surface area contributed by atoms with Gasteiger partial charge in [-0.05, 0) is 19.1 Å². The third-order valence-electron chi connectivity index (χ3n) is 5.36. The van der Waals surface area contributed by atoms with Gasteiger partial charge >= 0.3 is 6.18 Å². The predicted octanol–water partition coefficient (Wildman–Crippen LogP) is 2.84. The van der Waals surface area contributed by atoms with E-state index < -0.39 is 39.8 Å². The summed E-state index contributed by atoms with van der Waals surface area (Å²) in [6.07, 6.45) is -6.90. The van der Waals surface area contributed by atoms with Gasteiger partial charge in [-0.3, -0.25) is 25.0 Å². The number of hydrogen-bond donors (Lipinski definition) is 0. The van der Waals surface area contributed by atoms with Gasteiger partial charge in [0.2, 0.25) is 0 Å². The van der Waals surface area contributed by atoms with Gasteiger partial charge in [0.1, 0.15) is 5.75 Å². The Morgan fingerprint density at radius 1 is 1.25 bits per heavy atom. The molecule has 174 valence electrons. The van der Waals surface area contributed by atoms with Crippen molar-refractivity contribution in [3.63, 3.8) is 0 Å². The summed E-state index contributed by atoms with van der Waals surface area (Å²) in [6, 6.07) is 0.719. The molecule has 0 saturated carbocycles. The van der Waals surface area contributed by atoms with Gasteiger partial charge in [-0.25, -0.2) is 0 Å². The van der Waals surface area contributed by atoms with Crippen LogP contribution in [0.25, 0.3) is 0 Å². The van der Waals surface area contributed by atoms with Crippen molar-refractivity contribution in [3.8, 4) is 5.75 Å². The fourth-order valence-electron chi connectivity index (χ4n) is 3.99. The van der Waals surface area contributed by atoms with E-state index in [1.54, 1.807) is 4.90 Å². The maximum Gasteiger partial charge on any atom is 0.432 e. The Morgan fingerprint density at radius 2 is 1.91 bits per heavy atom. The van der Waals surface area contributed by atoms with Gasteiger partial charge in [0, 0.05) is 47.8 Å². The van der Waals surface area contributed by atoms with Gasteiger partial charge in [-0.2, -0.15) is 13.2 Å². The number of nitro groups is 2. The Morgan fingerprint density at radius 3 is 2.44 bits per heavy atom. The van der Waals surface area contributed by atoms with Gasteiger partial charge in [0.05, 0.1) is 24.1 Å². The fraction of sp³-hybridized carbons (Fsp3) is 0.526. The number of nitro benzene ring substituents is 1. The quantitative estimate of drug-likeness (QED) is 0.361. The monoisotopic (exact) mass is 459 g/mol. The third kappa shape index (κ3) is 4.98. The highest BCUT2D eigenvalue weighted by molar-refractivity contribution is 5.87. The number of carbonyl (C=O) groups is 1. The number of ether oxygens (including phenoxy) is 2. The van der Waals surface area contributed by atoms with Crippen LogP contribution in [0, 0.1) is 20.2 Å². The summed E-state index contributed by atoms with van der Waals surface area (Å²) >= 11 is 0. The van der Waals surface area contributed by atoms with Crippen LogP contribution >= 0.6 is 0 Å². The Bertz CT molecular complexity index is 945. The van der Waals surface area contributed by atoms with Gasteiger partial charge in [-0.1, -0.05) is 0 Å². The number of nitrogens with zero attached hydrogens (tertiary/aromatic N) is 3. The first-order valence-electron chi connectivity index (χ1n) is 9.68. The average Bonchev–Trinajstić information content (AvgIpc) is 2.71. The van der Waals surface area contributed by atoms with Crippen molar-refractivity contribution in [2.75, 3.05) is 26.3 Å².